The topological polar surface area (TPSA) is 55.5 Å². The van der Waals surface area contributed by atoms with E-state index in [2.05, 4.69) is 0 Å². The van der Waals surface area contributed by atoms with Gasteiger partial charge in [0.25, 0.3) is 0 Å². The van der Waals surface area contributed by atoms with E-state index < -0.39 is 0 Å². The molecule has 1 fully saturated rings. The standard InChI is InChI=1S/C12H17NO2/c1-15-11-3-2-9(8-10(11)14)12(4-5-12)6-7-13/h2-3,8,14H,4-7,13H2,1H3. The SMILES string of the molecule is COc1ccc(C2(CCN)CC2)cc1O. The van der Waals surface area contributed by atoms with Crippen molar-refractivity contribution in [3.8, 4) is 11.5 Å². The van der Waals surface area contributed by atoms with Crippen LogP contribution in [0.2, 0.25) is 0 Å². The first-order valence-corrected chi connectivity index (χ1v) is 5.29. The molecule has 1 saturated carbocycles. The predicted octanol–water partition coefficient (Wildman–Crippen LogP) is 1.78. The number of phenolic OH excluding ortho intramolecular Hbond substituents is 1. The van der Waals surface area contributed by atoms with Gasteiger partial charge in [0, 0.05) is 0 Å². The molecule has 0 spiro atoms. The molecule has 0 saturated heterocycles. The zero-order valence-corrected chi connectivity index (χ0v) is 8.99. The van der Waals surface area contributed by atoms with Crippen LogP contribution in [0.25, 0.3) is 0 Å². The van der Waals surface area contributed by atoms with E-state index in [-0.39, 0.29) is 11.2 Å². The molecule has 15 heavy (non-hydrogen) atoms. The Bertz CT molecular complexity index is 359. The van der Waals surface area contributed by atoms with Crippen LogP contribution in [0.15, 0.2) is 18.2 Å². The second-order valence-electron chi connectivity index (χ2n) is 4.21. The Balaban J connectivity index is 2.26. The Morgan fingerprint density at radius 3 is 2.67 bits per heavy atom. The molecule has 1 aliphatic rings. The molecule has 1 aromatic rings. The van der Waals surface area contributed by atoms with Crippen LogP contribution in [0.5, 0.6) is 11.5 Å². The first-order valence-electron chi connectivity index (χ1n) is 5.29. The first kappa shape index (κ1) is 10.3. The highest BCUT2D eigenvalue weighted by Gasteiger charge is 2.43. The molecule has 0 atom stereocenters. The summed E-state index contributed by atoms with van der Waals surface area (Å²) in [4.78, 5) is 0. The zero-order chi connectivity index (χ0) is 10.9. The van der Waals surface area contributed by atoms with Crippen LogP contribution in [0, 0.1) is 0 Å². The molecule has 0 aromatic heterocycles. The molecular weight excluding hydrogens is 190 g/mol. The molecule has 3 N–H and O–H groups in total. The van der Waals surface area contributed by atoms with Crippen molar-refractivity contribution < 1.29 is 9.84 Å². The Labute approximate surface area is 89.9 Å². The van der Waals surface area contributed by atoms with Crippen molar-refractivity contribution in [2.75, 3.05) is 13.7 Å². The second-order valence-corrected chi connectivity index (χ2v) is 4.21. The van der Waals surface area contributed by atoms with Crippen molar-refractivity contribution in [3.05, 3.63) is 23.8 Å². The molecule has 0 radical (unpaired) electrons. The van der Waals surface area contributed by atoms with Gasteiger partial charge in [0.1, 0.15) is 0 Å². The molecule has 82 valence electrons. The molecule has 2 rings (SSSR count). The fourth-order valence-corrected chi connectivity index (χ4v) is 2.13. The van der Waals surface area contributed by atoms with Crippen LogP contribution in [0.4, 0.5) is 0 Å². The van der Waals surface area contributed by atoms with Crippen molar-refractivity contribution >= 4 is 0 Å². The highest BCUT2D eigenvalue weighted by Crippen LogP contribution is 2.51. The largest absolute Gasteiger partial charge is 0.504 e. The highest BCUT2D eigenvalue weighted by molar-refractivity contribution is 5.45. The minimum absolute atomic E-state index is 0.221. The van der Waals surface area contributed by atoms with Gasteiger partial charge in [-0.25, -0.2) is 0 Å². The summed E-state index contributed by atoms with van der Waals surface area (Å²) in [5, 5.41) is 9.69. The predicted molar refractivity (Wildman–Crippen MR) is 59.2 cm³/mol. The summed E-state index contributed by atoms with van der Waals surface area (Å²) in [7, 11) is 1.56. The van der Waals surface area contributed by atoms with Gasteiger partial charge in [-0.3, -0.25) is 0 Å². The van der Waals surface area contributed by atoms with E-state index in [1.807, 2.05) is 18.2 Å². The van der Waals surface area contributed by atoms with E-state index in [4.69, 9.17) is 10.5 Å². The Kier molecular flexibility index (Phi) is 2.57. The lowest BCUT2D eigenvalue weighted by Gasteiger charge is -2.15. The third-order valence-corrected chi connectivity index (χ3v) is 3.27. The van der Waals surface area contributed by atoms with Crippen LogP contribution in [0.1, 0.15) is 24.8 Å². The molecule has 0 aliphatic heterocycles. The quantitative estimate of drug-likeness (QED) is 0.791. The summed E-state index contributed by atoms with van der Waals surface area (Å²) < 4.78 is 5.02. The van der Waals surface area contributed by atoms with Crippen molar-refractivity contribution in [1.82, 2.24) is 0 Å². The van der Waals surface area contributed by atoms with Gasteiger partial charge in [0.05, 0.1) is 7.11 Å². The number of hydrogen-bond donors (Lipinski definition) is 2. The maximum atomic E-state index is 9.69. The summed E-state index contributed by atoms with van der Waals surface area (Å²) in [5.41, 5.74) is 7.02. The molecule has 0 unspecified atom stereocenters. The summed E-state index contributed by atoms with van der Waals surface area (Å²) in [6.07, 6.45) is 3.35. The van der Waals surface area contributed by atoms with Gasteiger partial charge < -0.3 is 15.6 Å². The van der Waals surface area contributed by atoms with Crippen LogP contribution in [0.3, 0.4) is 0 Å². The molecular formula is C12H17NO2. The first-order chi connectivity index (χ1) is 7.22. The average Bonchev–Trinajstić information content (AvgIpc) is 2.99. The van der Waals surface area contributed by atoms with Crippen molar-refractivity contribution in [2.24, 2.45) is 5.73 Å². The molecule has 0 amide bonds. The highest BCUT2D eigenvalue weighted by atomic mass is 16.5. The molecule has 1 aliphatic carbocycles. The van der Waals surface area contributed by atoms with E-state index >= 15 is 0 Å². The molecule has 1 aromatic carbocycles. The van der Waals surface area contributed by atoms with E-state index in [1.165, 1.54) is 18.4 Å². The van der Waals surface area contributed by atoms with Gasteiger partial charge >= 0.3 is 0 Å². The lowest BCUT2D eigenvalue weighted by Crippen LogP contribution is -2.13. The number of rotatable bonds is 4. The van der Waals surface area contributed by atoms with E-state index in [9.17, 15) is 5.11 Å². The summed E-state index contributed by atoms with van der Waals surface area (Å²) in [6.45, 7) is 0.701. The van der Waals surface area contributed by atoms with Crippen LogP contribution in [-0.2, 0) is 5.41 Å². The second kappa shape index (κ2) is 3.74. The number of phenols is 1. The maximum absolute atomic E-state index is 9.69. The van der Waals surface area contributed by atoms with Gasteiger partial charge in [-0.2, -0.15) is 0 Å². The number of hydrogen-bond acceptors (Lipinski definition) is 3. The monoisotopic (exact) mass is 207 g/mol. The number of methoxy groups -OCH3 is 1. The minimum atomic E-state index is 0.221. The average molecular weight is 207 g/mol. The van der Waals surface area contributed by atoms with Gasteiger partial charge in [0.2, 0.25) is 0 Å². The zero-order valence-electron chi connectivity index (χ0n) is 8.99. The van der Waals surface area contributed by atoms with Crippen LogP contribution in [-0.4, -0.2) is 18.8 Å². The van der Waals surface area contributed by atoms with Gasteiger partial charge in [-0.05, 0) is 48.9 Å². The number of ether oxygens (including phenoxy) is 1. The third-order valence-electron chi connectivity index (χ3n) is 3.27. The summed E-state index contributed by atoms with van der Waals surface area (Å²) in [6, 6.07) is 5.66. The lowest BCUT2D eigenvalue weighted by atomic mass is 9.92. The fraction of sp³-hybridized carbons (Fsp3) is 0.500. The molecule has 0 heterocycles. The smallest absolute Gasteiger partial charge is 0.160 e. The summed E-state index contributed by atoms with van der Waals surface area (Å²) in [5.74, 6) is 0.751. The molecule has 0 bridgehead atoms. The number of benzene rings is 1. The van der Waals surface area contributed by atoms with Gasteiger partial charge in [-0.15, -0.1) is 0 Å². The van der Waals surface area contributed by atoms with E-state index in [1.54, 1.807) is 7.11 Å². The molecule has 3 heteroatoms. The van der Waals surface area contributed by atoms with E-state index in [0.717, 1.165) is 6.42 Å². The third kappa shape index (κ3) is 1.79. The van der Waals surface area contributed by atoms with Gasteiger partial charge in [-0.1, -0.05) is 6.07 Å². The minimum Gasteiger partial charge on any atom is -0.504 e. The lowest BCUT2D eigenvalue weighted by molar-refractivity contribution is 0.372. The number of nitrogens with two attached hydrogens (primary N) is 1. The fourth-order valence-electron chi connectivity index (χ4n) is 2.13. The van der Waals surface area contributed by atoms with E-state index in [0.29, 0.717) is 12.3 Å². The Morgan fingerprint density at radius 2 is 2.20 bits per heavy atom. The number of aromatic hydroxyl groups is 1. The van der Waals surface area contributed by atoms with Crippen molar-refractivity contribution in [2.45, 2.75) is 24.7 Å². The van der Waals surface area contributed by atoms with Crippen molar-refractivity contribution in [3.63, 3.8) is 0 Å². The van der Waals surface area contributed by atoms with Crippen LogP contribution < -0.4 is 10.5 Å². The normalized spacial score (nSPS) is 17.5. The maximum Gasteiger partial charge on any atom is 0.160 e. The molecule has 3 nitrogen and oxygen atoms in total. The van der Waals surface area contributed by atoms with Crippen molar-refractivity contribution in [1.29, 1.82) is 0 Å². The van der Waals surface area contributed by atoms with Gasteiger partial charge in [0.15, 0.2) is 11.5 Å². The Hall–Kier alpha value is -1.22. The summed E-state index contributed by atoms with van der Waals surface area (Å²) >= 11 is 0. The van der Waals surface area contributed by atoms with Crippen LogP contribution >= 0.6 is 0 Å². The Morgan fingerprint density at radius 1 is 1.47 bits per heavy atom.